The second-order valence-electron chi connectivity index (χ2n) is 5.08. The van der Waals surface area contributed by atoms with Gasteiger partial charge in [0.1, 0.15) is 0 Å². The maximum absolute atomic E-state index is 12.0. The van der Waals surface area contributed by atoms with Crippen molar-refractivity contribution in [2.75, 3.05) is 5.32 Å². The highest BCUT2D eigenvalue weighted by molar-refractivity contribution is 6.03. The van der Waals surface area contributed by atoms with E-state index in [4.69, 9.17) is 5.26 Å². The second-order valence-corrected chi connectivity index (χ2v) is 5.08. The zero-order valence-corrected chi connectivity index (χ0v) is 12.4. The van der Waals surface area contributed by atoms with E-state index in [1.165, 1.54) is 6.08 Å². The van der Waals surface area contributed by atoms with Gasteiger partial charge in [0.05, 0.1) is 11.6 Å². The van der Waals surface area contributed by atoms with Gasteiger partial charge < -0.3 is 5.32 Å². The largest absolute Gasteiger partial charge is 0.323 e. The number of carbonyl (C=O) groups excluding carboxylic acids is 1. The number of anilines is 1. The Morgan fingerprint density at radius 2 is 1.70 bits per heavy atom. The van der Waals surface area contributed by atoms with Crippen molar-refractivity contribution in [3.05, 3.63) is 83.9 Å². The molecule has 0 aliphatic heterocycles. The molecule has 0 bridgehead atoms. The van der Waals surface area contributed by atoms with Crippen LogP contribution in [0.15, 0.2) is 72.8 Å². The molecule has 3 aromatic rings. The van der Waals surface area contributed by atoms with Crippen molar-refractivity contribution < 1.29 is 4.79 Å². The summed E-state index contributed by atoms with van der Waals surface area (Å²) < 4.78 is 0. The maximum atomic E-state index is 12.0. The summed E-state index contributed by atoms with van der Waals surface area (Å²) in [6, 6.07) is 22.9. The summed E-state index contributed by atoms with van der Waals surface area (Å²) in [5.41, 5.74) is 2.23. The highest BCUT2D eigenvalue weighted by atomic mass is 16.1. The number of rotatable bonds is 3. The number of benzene rings is 3. The molecule has 0 saturated carbocycles. The Hall–Kier alpha value is -3.38. The number of nitrogens with zero attached hydrogens (tertiary/aromatic N) is 1. The zero-order valence-electron chi connectivity index (χ0n) is 12.4. The molecule has 1 amide bonds. The first-order chi connectivity index (χ1) is 11.3. The lowest BCUT2D eigenvalue weighted by Gasteiger charge is -2.03. The van der Waals surface area contributed by atoms with Crippen molar-refractivity contribution in [3.8, 4) is 6.07 Å². The molecule has 0 radical (unpaired) electrons. The van der Waals surface area contributed by atoms with Crippen LogP contribution in [0.2, 0.25) is 0 Å². The number of carbonyl (C=O) groups is 1. The highest BCUT2D eigenvalue weighted by Gasteiger charge is 2.00. The Bertz CT molecular complexity index is 913. The lowest BCUT2D eigenvalue weighted by Crippen LogP contribution is -2.07. The average Bonchev–Trinajstić information content (AvgIpc) is 2.60. The third-order valence-corrected chi connectivity index (χ3v) is 3.52. The molecule has 0 unspecified atom stereocenters. The Labute approximate surface area is 134 Å². The zero-order chi connectivity index (χ0) is 16.1. The molecule has 0 atom stereocenters. The van der Waals surface area contributed by atoms with E-state index < -0.39 is 0 Å². The van der Waals surface area contributed by atoms with Crippen LogP contribution >= 0.6 is 0 Å². The number of nitrogens with one attached hydrogen (secondary N) is 1. The number of fused-ring (bicyclic) bond motifs is 1. The van der Waals surface area contributed by atoms with Crippen LogP contribution in [0, 0.1) is 11.3 Å². The standard InChI is InChI=1S/C20H14N2O/c21-14-15-8-11-18(12-9-15)22-20(23)13-10-17-6-3-5-16-4-1-2-7-19(16)17/h1-13H,(H,22,23)/b13-10+. The van der Waals surface area contributed by atoms with Crippen LogP contribution in [0.25, 0.3) is 16.8 Å². The minimum absolute atomic E-state index is 0.206. The molecule has 0 heterocycles. The van der Waals surface area contributed by atoms with Crippen molar-refractivity contribution in [1.82, 2.24) is 0 Å². The summed E-state index contributed by atoms with van der Waals surface area (Å²) in [4.78, 5) is 12.0. The fourth-order valence-corrected chi connectivity index (χ4v) is 2.37. The lowest BCUT2D eigenvalue weighted by atomic mass is 10.0. The van der Waals surface area contributed by atoms with Crippen molar-refractivity contribution >= 4 is 28.4 Å². The Balaban J connectivity index is 1.76. The molecule has 0 aliphatic rings. The van der Waals surface area contributed by atoms with Crippen molar-refractivity contribution in [3.63, 3.8) is 0 Å². The molecule has 0 fully saturated rings. The first-order valence-electron chi connectivity index (χ1n) is 7.23. The molecule has 1 N–H and O–H groups in total. The number of hydrogen-bond donors (Lipinski definition) is 1. The van der Waals surface area contributed by atoms with E-state index in [-0.39, 0.29) is 5.91 Å². The van der Waals surface area contributed by atoms with E-state index in [9.17, 15) is 4.79 Å². The molecule has 23 heavy (non-hydrogen) atoms. The molecule has 0 aliphatic carbocycles. The molecule has 3 heteroatoms. The summed E-state index contributed by atoms with van der Waals surface area (Å²) in [6.45, 7) is 0. The van der Waals surface area contributed by atoms with E-state index in [1.54, 1.807) is 30.3 Å². The summed E-state index contributed by atoms with van der Waals surface area (Å²) in [6.07, 6.45) is 3.32. The third kappa shape index (κ3) is 3.45. The minimum atomic E-state index is -0.206. The molecule has 110 valence electrons. The molecule has 3 aromatic carbocycles. The van der Waals surface area contributed by atoms with E-state index in [1.807, 2.05) is 48.5 Å². The first-order valence-corrected chi connectivity index (χ1v) is 7.23. The minimum Gasteiger partial charge on any atom is -0.323 e. The smallest absolute Gasteiger partial charge is 0.248 e. The highest BCUT2D eigenvalue weighted by Crippen LogP contribution is 2.19. The fourth-order valence-electron chi connectivity index (χ4n) is 2.37. The van der Waals surface area contributed by atoms with Gasteiger partial charge in [-0.2, -0.15) is 5.26 Å². The van der Waals surface area contributed by atoms with Crippen molar-refractivity contribution in [2.45, 2.75) is 0 Å². The lowest BCUT2D eigenvalue weighted by molar-refractivity contribution is -0.111. The predicted molar refractivity (Wildman–Crippen MR) is 92.8 cm³/mol. The topological polar surface area (TPSA) is 52.9 Å². The van der Waals surface area contributed by atoms with Crippen LogP contribution in [-0.4, -0.2) is 5.91 Å². The van der Waals surface area contributed by atoms with Gasteiger partial charge in [-0.3, -0.25) is 4.79 Å². The van der Waals surface area contributed by atoms with E-state index in [0.717, 1.165) is 16.3 Å². The van der Waals surface area contributed by atoms with E-state index in [2.05, 4.69) is 5.32 Å². The van der Waals surface area contributed by atoms with Crippen LogP contribution in [0.1, 0.15) is 11.1 Å². The van der Waals surface area contributed by atoms with Crippen LogP contribution in [0.4, 0.5) is 5.69 Å². The molecular weight excluding hydrogens is 284 g/mol. The van der Waals surface area contributed by atoms with Crippen LogP contribution in [0.5, 0.6) is 0 Å². The van der Waals surface area contributed by atoms with Gasteiger partial charge in [-0.15, -0.1) is 0 Å². The van der Waals surface area contributed by atoms with Gasteiger partial charge in [0.25, 0.3) is 0 Å². The number of nitriles is 1. The van der Waals surface area contributed by atoms with E-state index >= 15 is 0 Å². The summed E-state index contributed by atoms with van der Waals surface area (Å²) in [5, 5.41) is 13.8. The van der Waals surface area contributed by atoms with Gasteiger partial charge in [0.2, 0.25) is 5.91 Å². The fraction of sp³-hybridized carbons (Fsp3) is 0. The number of hydrogen-bond acceptors (Lipinski definition) is 2. The van der Waals surface area contributed by atoms with E-state index in [0.29, 0.717) is 11.3 Å². The average molecular weight is 298 g/mol. The van der Waals surface area contributed by atoms with Gasteiger partial charge >= 0.3 is 0 Å². The SMILES string of the molecule is N#Cc1ccc(NC(=O)/C=C/c2cccc3ccccc23)cc1. The normalized spacial score (nSPS) is 10.6. The molecule has 0 aromatic heterocycles. The van der Waals surface area contributed by atoms with Crippen molar-refractivity contribution in [2.24, 2.45) is 0 Å². The van der Waals surface area contributed by atoms with Gasteiger partial charge in [-0.25, -0.2) is 0 Å². The van der Waals surface area contributed by atoms with Gasteiger partial charge in [-0.05, 0) is 46.7 Å². The van der Waals surface area contributed by atoms with Gasteiger partial charge in [0.15, 0.2) is 0 Å². The third-order valence-electron chi connectivity index (χ3n) is 3.52. The molecule has 0 spiro atoms. The molecule has 3 nitrogen and oxygen atoms in total. The first kappa shape index (κ1) is 14.6. The Morgan fingerprint density at radius 3 is 2.48 bits per heavy atom. The molecule has 0 saturated heterocycles. The monoisotopic (exact) mass is 298 g/mol. The quantitative estimate of drug-likeness (QED) is 0.730. The van der Waals surface area contributed by atoms with Crippen LogP contribution < -0.4 is 5.32 Å². The Morgan fingerprint density at radius 1 is 0.957 bits per heavy atom. The molecule has 3 rings (SSSR count). The summed E-state index contributed by atoms with van der Waals surface area (Å²) >= 11 is 0. The summed E-state index contributed by atoms with van der Waals surface area (Å²) in [7, 11) is 0. The van der Waals surface area contributed by atoms with Crippen LogP contribution in [0.3, 0.4) is 0 Å². The van der Waals surface area contributed by atoms with Gasteiger partial charge in [0, 0.05) is 11.8 Å². The van der Waals surface area contributed by atoms with Crippen LogP contribution in [-0.2, 0) is 4.79 Å². The Kier molecular flexibility index (Phi) is 4.17. The maximum Gasteiger partial charge on any atom is 0.248 e. The van der Waals surface area contributed by atoms with Crippen molar-refractivity contribution in [1.29, 1.82) is 5.26 Å². The molecular formula is C20H14N2O. The summed E-state index contributed by atoms with van der Waals surface area (Å²) in [5.74, 6) is -0.206. The second kappa shape index (κ2) is 6.59. The predicted octanol–water partition coefficient (Wildman–Crippen LogP) is 4.36. The number of amides is 1. The van der Waals surface area contributed by atoms with Gasteiger partial charge in [-0.1, -0.05) is 42.5 Å².